The van der Waals surface area contributed by atoms with E-state index in [9.17, 15) is 0 Å². The molecule has 0 amide bonds. The Kier molecular flexibility index (Phi) is 4.14. The van der Waals surface area contributed by atoms with Crippen LogP contribution in [-0.4, -0.2) is 37.3 Å². The summed E-state index contributed by atoms with van der Waals surface area (Å²) >= 11 is 2.17. The van der Waals surface area contributed by atoms with Crippen molar-refractivity contribution in [2.45, 2.75) is 37.0 Å². The molecule has 82 valence electrons. The van der Waals surface area contributed by atoms with Crippen LogP contribution in [0.1, 0.15) is 25.7 Å². The minimum atomic E-state index is 0.728. The molecule has 2 rings (SSSR count). The molecule has 2 fully saturated rings. The van der Waals surface area contributed by atoms with Crippen LogP contribution in [-0.2, 0) is 4.74 Å². The van der Waals surface area contributed by atoms with Gasteiger partial charge in [0.25, 0.3) is 0 Å². The van der Waals surface area contributed by atoms with Crippen LogP contribution < -0.4 is 5.32 Å². The third-order valence-electron chi connectivity index (χ3n) is 3.47. The summed E-state index contributed by atoms with van der Waals surface area (Å²) in [5.74, 6) is 2.22. The summed E-state index contributed by atoms with van der Waals surface area (Å²) in [7, 11) is 2.12. The van der Waals surface area contributed by atoms with Crippen molar-refractivity contribution in [1.82, 2.24) is 5.32 Å². The largest absolute Gasteiger partial charge is 0.381 e. The Balaban J connectivity index is 1.89. The molecule has 1 N–H and O–H groups in total. The Morgan fingerprint density at radius 2 is 2.07 bits per heavy atom. The van der Waals surface area contributed by atoms with E-state index >= 15 is 0 Å². The number of ether oxygens (including phenoxy) is 1. The molecule has 0 saturated carbocycles. The van der Waals surface area contributed by atoms with Gasteiger partial charge in [0.05, 0.1) is 0 Å². The van der Waals surface area contributed by atoms with E-state index in [4.69, 9.17) is 4.74 Å². The topological polar surface area (TPSA) is 21.3 Å². The molecule has 2 aliphatic rings. The Hall–Kier alpha value is 0.270. The van der Waals surface area contributed by atoms with Gasteiger partial charge in [-0.05, 0) is 44.4 Å². The highest BCUT2D eigenvalue weighted by atomic mass is 32.2. The zero-order valence-electron chi connectivity index (χ0n) is 9.00. The Bertz CT molecular complexity index is 165. The molecule has 0 radical (unpaired) electrons. The molecule has 3 heteroatoms. The summed E-state index contributed by atoms with van der Waals surface area (Å²) in [4.78, 5) is 0. The Morgan fingerprint density at radius 3 is 2.64 bits per heavy atom. The minimum absolute atomic E-state index is 0.728. The summed E-state index contributed by atoms with van der Waals surface area (Å²) in [5.41, 5.74) is 0. The van der Waals surface area contributed by atoms with E-state index in [0.29, 0.717) is 0 Å². The lowest BCUT2D eigenvalue weighted by molar-refractivity contribution is 0.0544. The zero-order chi connectivity index (χ0) is 9.80. The summed E-state index contributed by atoms with van der Waals surface area (Å²) in [6.45, 7) is 1.94. The highest BCUT2D eigenvalue weighted by Crippen LogP contribution is 2.34. The molecule has 2 nitrogen and oxygen atoms in total. The molecule has 14 heavy (non-hydrogen) atoms. The Morgan fingerprint density at radius 1 is 1.29 bits per heavy atom. The highest BCUT2D eigenvalue weighted by Gasteiger charge is 2.31. The fraction of sp³-hybridized carbons (Fsp3) is 1.00. The van der Waals surface area contributed by atoms with E-state index < -0.39 is 0 Å². The van der Waals surface area contributed by atoms with Crippen molar-refractivity contribution in [2.75, 3.05) is 26.0 Å². The second kappa shape index (κ2) is 5.38. The van der Waals surface area contributed by atoms with E-state index in [0.717, 1.165) is 30.4 Å². The van der Waals surface area contributed by atoms with Gasteiger partial charge in [0.2, 0.25) is 0 Å². The first-order valence-electron chi connectivity index (χ1n) is 5.78. The molecule has 2 aliphatic heterocycles. The van der Waals surface area contributed by atoms with Gasteiger partial charge in [0.15, 0.2) is 0 Å². The lowest BCUT2D eigenvalue weighted by Gasteiger charge is -2.33. The van der Waals surface area contributed by atoms with E-state index in [1.54, 1.807) is 0 Å². The van der Waals surface area contributed by atoms with Crippen LogP contribution >= 0.6 is 11.8 Å². The number of thioether (sulfide) groups is 1. The van der Waals surface area contributed by atoms with Crippen LogP contribution in [0.3, 0.4) is 0 Å². The first kappa shape index (κ1) is 10.8. The molecular formula is C11H21NOS. The van der Waals surface area contributed by atoms with Crippen molar-refractivity contribution in [1.29, 1.82) is 0 Å². The second-order valence-electron chi connectivity index (χ2n) is 4.32. The average molecular weight is 215 g/mol. The van der Waals surface area contributed by atoms with Crippen LogP contribution in [0.4, 0.5) is 0 Å². The van der Waals surface area contributed by atoms with Gasteiger partial charge in [-0.1, -0.05) is 0 Å². The van der Waals surface area contributed by atoms with Gasteiger partial charge in [-0.25, -0.2) is 0 Å². The van der Waals surface area contributed by atoms with E-state index in [-0.39, 0.29) is 0 Å². The standard InChI is InChI=1S/C11H21NOS/c1-12-11(10-3-2-8-14-10)9-4-6-13-7-5-9/h9-12H,2-8H2,1H3. The van der Waals surface area contributed by atoms with Gasteiger partial charge in [-0.2, -0.15) is 11.8 Å². The van der Waals surface area contributed by atoms with Gasteiger partial charge in [0.1, 0.15) is 0 Å². The van der Waals surface area contributed by atoms with Crippen LogP contribution in [0, 0.1) is 5.92 Å². The number of rotatable bonds is 3. The Labute approximate surface area is 91.2 Å². The lowest BCUT2D eigenvalue weighted by atomic mass is 9.88. The number of nitrogens with one attached hydrogen (secondary N) is 1. The fourth-order valence-corrected chi connectivity index (χ4v) is 4.22. The molecule has 2 saturated heterocycles. The highest BCUT2D eigenvalue weighted by molar-refractivity contribution is 8.00. The molecule has 0 aromatic heterocycles. The molecule has 2 heterocycles. The monoisotopic (exact) mass is 215 g/mol. The van der Waals surface area contributed by atoms with Crippen LogP contribution in [0.15, 0.2) is 0 Å². The molecule has 0 aromatic carbocycles. The van der Waals surface area contributed by atoms with E-state index in [2.05, 4.69) is 24.1 Å². The number of hydrogen-bond donors (Lipinski definition) is 1. The van der Waals surface area contributed by atoms with Crippen molar-refractivity contribution < 1.29 is 4.74 Å². The van der Waals surface area contributed by atoms with Gasteiger partial charge in [-0.3, -0.25) is 0 Å². The SMILES string of the molecule is CNC(C1CCOCC1)C1CCCS1. The summed E-state index contributed by atoms with van der Waals surface area (Å²) in [6, 6.07) is 0.728. The van der Waals surface area contributed by atoms with Gasteiger partial charge in [0, 0.05) is 24.5 Å². The normalized spacial score (nSPS) is 31.9. The van der Waals surface area contributed by atoms with Gasteiger partial charge >= 0.3 is 0 Å². The van der Waals surface area contributed by atoms with Crippen molar-refractivity contribution >= 4 is 11.8 Å². The maximum Gasteiger partial charge on any atom is 0.0469 e. The predicted octanol–water partition coefficient (Wildman–Crippen LogP) is 1.90. The smallest absolute Gasteiger partial charge is 0.0469 e. The van der Waals surface area contributed by atoms with Crippen molar-refractivity contribution in [3.05, 3.63) is 0 Å². The van der Waals surface area contributed by atoms with Gasteiger partial charge in [-0.15, -0.1) is 0 Å². The first-order valence-corrected chi connectivity index (χ1v) is 6.83. The second-order valence-corrected chi connectivity index (χ2v) is 5.66. The van der Waals surface area contributed by atoms with Crippen molar-refractivity contribution in [3.63, 3.8) is 0 Å². The van der Waals surface area contributed by atoms with Crippen LogP contribution in [0.5, 0.6) is 0 Å². The first-order chi connectivity index (χ1) is 6.92. The summed E-state index contributed by atoms with van der Waals surface area (Å²) in [6.07, 6.45) is 5.33. The molecule has 0 aromatic rings. The summed E-state index contributed by atoms with van der Waals surface area (Å²) < 4.78 is 5.42. The molecule has 0 spiro atoms. The van der Waals surface area contributed by atoms with Crippen molar-refractivity contribution in [3.8, 4) is 0 Å². The molecule has 0 bridgehead atoms. The third kappa shape index (κ3) is 2.44. The number of hydrogen-bond acceptors (Lipinski definition) is 3. The minimum Gasteiger partial charge on any atom is -0.381 e. The fourth-order valence-electron chi connectivity index (χ4n) is 2.69. The quantitative estimate of drug-likeness (QED) is 0.777. The van der Waals surface area contributed by atoms with Crippen molar-refractivity contribution in [2.24, 2.45) is 5.92 Å². The summed E-state index contributed by atoms with van der Waals surface area (Å²) in [5, 5.41) is 4.40. The van der Waals surface area contributed by atoms with Crippen LogP contribution in [0.25, 0.3) is 0 Å². The zero-order valence-corrected chi connectivity index (χ0v) is 9.81. The average Bonchev–Trinajstić information content (AvgIpc) is 2.74. The van der Waals surface area contributed by atoms with Crippen LogP contribution in [0.2, 0.25) is 0 Å². The molecule has 0 aliphatic carbocycles. The van der Waals surface area contributed by atoms with Gasteiger partial charge < -0.3 is 10.1 Å². The molecular weight excluding hydrogens is 194 g/mol. The van der Waals surface area contributed by atoms with E-state index in [1.807, 2.05) is 0 Å². The molecule has 2 atom stereocenters. The molecule has 2 unspecified atom stereocenters. The third-order valence-corrected chi connectivity index (χ3v) is 4.95. The predicted molar refractivity (Wildman–Crippen MR) is 61.9 cm³/mol. The maximum atomic E-state index is 5.42. The van der Waals surface area contributed by atoms with E-state index in [1.165, 1.54) is 31.4 Å². The maximum absolute atomic E-state index is 5.42. The lowest BCUT2D eigenvalue weighted by Crippen LogP contribution is -2.43.